The summed E-state index contributed by atoms with van der Waals surface area (Å²) in [4.78, 5) is 27.3. The van der Waals surface area contributed by atoms with Gasteiger partial charge in [-0.1, -0.05) is 18.2 Å². The Bertz CT molecular complexity index is 1040. The Hall–Kier alpha value is -3.54. The number of ether oxygens (including phenoxy) is 1. The van der Waals surface area contributed by atoms with Crippen molar-refractivity contribution >= 4 is 23.3 Å². The molecule has 3 aromatic rings. The number of hydrogen-bond acceptors (Lipinski definition) is 4. The summed E-state index contributed by atoms with van der Waals surface area (Å²) in [5, 5.41) is 0. The molecule has 28 heavy (non-hydrogen) atoms. The van der Waals surface area contributed by atoms with Crippen molar-refractivity contribution in [2.24, 2.45) is 0 Å². The average molecular weight is 375 g/mol. The zero-order chi connectivity index (χ0) is 19.7. The molecule has 1 aliphatic rings. The topological polar surface area (TPSA) is 77.6 Å². The van der Waals surface area contributed by atoms with Crippen molar-refractivity contribution in [1.82, 2.24) is 4.57 Å². The van der Waals surface area contributed by atoms with E-state index in [1.165, 1.54) is 0 Å². The van der Waals surface area contributed by atoms with E-state index in [0.717, 1.165) is 16.9 Å². The van der Waals surface area contributed by atoms with Crippen molar-refractivity contribution in [2.45, 2.75) is 20.0 Å². The molecule has 2 aromatic carbocycles. The van der Waals surface area contributed by atoms with Crippen molar-refractivity contribution in [1.29, 1.82) is 0 Å². The Morgan fingerprint density at radius 3 is 2.50 bits per heavy atom. The van der Waals surface area contributed by atoms with Gasteiger partial charge in [0.05, 0.1) is 19.7 Å². The number of carbonyl (C=O) groups excluding carboxylic acids is 2. The van der Waals surface area contributed by atoms with Gasteiger partial charge in [-0.15, -0.1) is 0 Å². The summed E-state index contributed by atoms with van der Waals surface area (Å²) in [6.45, 7) is 2.96. The number of rotatable bonds is 3. The van der Waals surface area contributed by atoms with E-state index in [0.29, 0.717) is 36.6 Å². The maximum atomic E-state index is 13.3. The molecule has 142 valence electrons. The van der Waals surface area contributed by atoms with Crippen LogP contribution in [0.25, 0.3) is 0 Å². The summed E-state index contributed by atoms with van der Waals surface area (Å²) in [5.41, 5.74) is 10.1. The third-order valence-corrected chi connectivity index (χ3v) is 4.89. The van der Waals surface area contributed by atoms with Crippen LogP contribution in [0.5, 0.6) is 0 Å². The Morgan fingerprint density at radius 1 is 1.00 bits per heavy atom. The van der Waals surface area contributed by atoms with Gasteiger partial charge in [0.15, 0.2) is 0 Å². The van der Waals surface area contributed by atoms with Gasteiger partial charge < -0.3 is 19.9 Å². The lowest BCUT2D eigenvalue weighted by Gasteiger charge is -2.22. The molecule has 4 rings (SSSR count). The number of para-hydroxylation sites is 1. The van der Waals surface area contributed by atoms with Gasteiger partial charge in [-0.2, -0.15) is 0 Å². The molecule has 2 heterocycles. The van der Waals surface area contributed by atoms with Gasteiger partial charge in [-0.05, 0) is 55.0 Å². The molecular weight excluding hydrogens is 354 g/mol. The predicted molar refractivity (Wildman–Crippen MR) is 107 cm³/mol. The van der Waals surface area contributed by atoms with E-state index in [1.807, 2.05) is 34.9 Å². The Kier molecular flexibility index (Phi) is 4.61. The summed E-state index contributed by atoms with van der Waals surface area (Å²) in [7, 11) is 0. The number of hydrogen-bond donors (Lipinski definition) is 1. The highest BCUT2D eigenvalue weighted by atomic mass is 16.5. The standard InChI is InChI=1S/C22H21N3O3/c1-2-28-22(27)20-12-11-18-14-25(21(26)15-7-9-17(23)10-8-15)19-6-4-3-5-16(19)13-24(18)20/h3-12H,2,13-14,23H2,1H3. The van der Waals surface area contributed by atoms with E-state index in [2.05, 4.69) is 0 Å². The number of nitrogens with zero attached hydrogens (tertiary/aromatic N) is 2. The predicted octanol–water partition coefficient (Wildman–Crippen LogP) is 3.46. The normalized spacial score (nSPS) is 12.7. The zero-order valence-electron chi connectivity index (χ0n) is 15.6. The lowest BCUT2D eigenvalue weighted by atomic mass is 10.1. The quantitative estimate of drug-likeness (QED) is 0.562. The first-order chi connectivity index (χ1) is 13.6. The van der Waals surface area contributed by atoms with Crippen molar-refractivity contribution in [3.63, 3.8) is 0 Å². The van der Waals surface area contributed by atoms with E-state index in [1.54, 1.807) is 42.2 Å². The fourth-order valence-electron chi connectivity index (χ4n) is 3.51. The van der Waals surface area contributed by atoms with Crippen LogP contribution in [0.3, 0.4) is 0 Å². The first-order valence-corrected chi connectivity index (χ1v) is 9.19. The smallest absolute Gasteiger partial charge is 0.354 e. The van der Waals surface area contributed by atoms with Crippen LogP contribution in [0.1, 0.15) is 39.0 Å². The molecule has 1 aliphatic heterocycles. The van der Waals surface area contributed by atoms with E-state index in [-0.39, 0.29) is 11.9 Å². The molecule has 1 amide bonds. The second-order valence-corrected chi connectivity index (χ2v) is 6.66. The first kappa shape index (κ1) is 17.9. The monoisotopic (exact) mass is 375 g/mol. The number of anilines is 2. The first-order valence-electron chi connectivity index (χ1n) is 9.19. The van der Waals surface area contributed by atoms with E-state index in [4.69, 9.17) is 10.5 Å². The number of nitrogens with two attached hydrogens (primary N) is 1. The van der Waals surface area contributed by atoms with Crippen molar-refractivity contribution in [2.75, 3.05) is 17.2 Å². The second-order valence-electron chi connectivity index (χ2n) is 6.66. The minimum Gasteiger partial charge on any atom is -0.461 e. The van der Waals surface area contributed by atoms with Gasteiger partial charge in [-0.3, -0.25) is 4.79 Å². The summed E-state index contributed by atoms with van der Waals surface area (Å²) in [6, 6.07) is 18.3. The molecule has 0 aliphatic carbocycles. The maximum absolute atomic E-state index is 13.3. The van der Waals surface area contributed by atoms with E-state index in [9.17, 15) is 9.59 Å². The van der Waals surface area contributed by atoms with Gasteiger partial charge >= 0.3 is 5.97 Å². The van der Waals surface area contributed by atoms with Crippen LogP contribution >= 0.6 is 0 Å². The Morgan fingerprint density at radius 2 is 1.75 bits per heavy atom. The third kappa shape index (κ3) is 3.13. The SMILES string of the molecule is CCOC(=O)c1ccc2n1Cc1ccccc1N(C(=O)c1ccc(N)cc1)C2. The second kappa shape index (κ2) is 7.23. The fraction of sp³-hybridized carbons (Fsp3) is 0.182. The Labute approximate surface area is 163 Å². The van der Waals surface area contributed by atoms with Crippen molar-refractivity contribution in [3.05, 3.63) is 83.2 Å². The highest BCUT2D eigenvalue weighted by Gasteiger charge is 2.27. The van der Waals surface area contributed by atoms with Crippen LogP contribution in [-0.4, -0.2) is 23.1 Å². The number of nitrogen functional groups attached to an aromatic ring is 1. The van der Waals surface area contributed by atoms with E-state index >= 15 is 0 Å². The third-order valence-electron chi connectivity index (χ3n) is 4.89. The number of fused-ring (bicyclic) bond motifs is 2. The number of esters is 1. The lowest BCUT2D eigenvalue weighted by molar-refractivity contribution is 0.0514. The molecule has 0 atom stereocenters. The van der Waals surface area contributed by atoms with Crippen LogP contribution in [0.15, 0.2) is 60.7 Å². The van der Waals surface area contributed by atoms with Crippen LogP contribution in [0, 0.1) is 0 Å². The van der Waals surface area contributed by atoms with Gasteiger partial charge in [0.25, 0.3) is 5.91 Å². The van der Waals surface area contributed by atoms with Crippen molar-refractivity contribution in [3.8, 4) is 0 Å². The highest BCUT2D eigenvalue weighted by molar-refractivity contribution is 6.06. The molecule has 0 radical (unpaired) electrons. The molecule has 6 heteroatoms. The molecule has 0 fully saturated rings. The van der Waals surface area contributed by atoms with Crippen molar-refractivity contribution < 1.29 is 14.3 Å². The highest BCUT2D eigenvalue weighted by Crippen LogP contribution is 2.30. The molecule has 1 aromatic heterocycles. The number of amides is 1. The molecule has 0 unspecified atom stereocenters. The van der Waals surface area contributed by atoms with Crippen LogP contribution < -0.4 is 10.6 Å². The molecular formula is C22H21N3O3. The van der Waals surface area contributed by atoms with Gasteiger partial charge in [0.1, 0.15) is 5.69 Å². The van der Waals surface area contributed by atoms with E-state index < -0.39 is 0 Å². The maximum Gasteiger partial charge on any atom is 0.354 e. The average Bonchev–Trinajstić information content (AvgIpc) is 3.01. The molecule has 0 bridgehead atoms. The van der Waals surface area contributed by atoms with Gasteiger partial charge in [0.2, 0.25) is 0 Å². The molecule has 2 N–H and O–H groups in total. The molecule has 0 saturated carbocycles. The minimum absolute atomic E-state index is 0.111. The lowest BCUT2D eigenvalue weighted by Crippen LogP contribution is -2.30. The summed E-state index contributed by atoms with van der Waals surface area (Å²) < 4.78 is 7.11. The molecule has 0 spiro atoms. The summed E-state index contributed by atoms with van der Waals surface area (Å²) in [5.74, 6) is -0.468. The largest absolute Gasteiger partial charge is 0.461 e. The molecule has 6 nitrogen and oxygen atoms in total. The van der Waals surface area contributed by atoms with Crippen LogP contribution in [-0.2, 0) is 17.8 Å². The Balaban J connectivity index is 1.78. The van der Waals surface area contributed by atoms with Crippen LogP contribution in [0.4, 0.5) is 11.4 Å². The van der Waals surface area contributed by atoms with Gasteiger partial charge in [0, 0.05) is 22.6 Å². The number of carbonyl (C=O) groups is 2. The summed E-state index contributed by atoms with van der Waals surface area (Å²) in [6.07, 6.45) is 0. The molecule has 0 saturated heterocycles. The summed E-state index contributed by atoms with van der Waals surface area (Å²) >= 11 is 0. The minimum atomic E-state index is -0.357. The number of benzene rings is 2. The zero-order valence-corrected chi connectivity index (χ0v) is 15.6. The van der Waals surface area contributed by atoms with Gasteiger partial charge in [-0.25, -0.2) is 4.79 Å². The fourth-order valence-corrected chi connectivity index (χ4v) is 3.51. The number of aromatic nitrogens is 1. The van der Waals surface area contributed by atoms with Crippen LogP contribution in [0.2, 0.25) is 0 Å².